The molecular formula is C6H13NO2. The summed E-state index contributed by atoms with van der Waals surface area (Å²) in [7, 11) is 1.93. The molecule has 1 fully saturated rings. The Hall–Kier alpha value is -0.120. The van der Waals surface area contributed by atoms with Crippen molar-refractivity contribution in [2.24, 2.45) is 0 Å². The van der Waals surface area contributed by atoms with Crippen molar-refractivity contribution < 1.29 is 10.2 Å². The second kappa shape index (κ2) is 2.64. The van der Waals surface area contributed by atoms with Crippen LogP contribution in [-0.4, -0.2) is 48.9 Å². The molecule has 0 amide bonds. The summed E-state index contributed by atoms with van der Waals surface area (Å²) in [5, 5.41) is 13.2. The molecule has 3 nitrogen and oxygen atoms in total. The van der Waals surface area contributed by atoms with Crippen molar-refractivity contribution in [3.05, 3.63) is 0 Å². The van der Waals surface area contributed by atoms with Gasteiger partial charge in [-0.3, -0.25) is 4.90 Å². The maximum absolute atomic E-state index is 8.79. The highest BCUT2D eigenvalue weighted by Gasteiger charge is 2.26. The summed E-state index contributed by atoms with van der Waals surface area (Å²) < 4.78 is 6.65. The summed E-state index contributed by atoms with van der Waals surface area (Å²) in [6, 6.07) is 0.190. The number of hydrogen-bond donors (Lipinski definition) is 2. The van der Waals surface area contributed by atoms with Gasteiger partial charge in [-0.2, -0.15) is 0 Å². The maximum Gasteiger partial charge on any atom is 0.211 e. The third-order valence-electron chi connectivity index (χ3n) is 1.86. The van der Waals surface area contributed by atoms with E-state index in [2.05, 4.69) is 5.11 Å². The molecule has 0 saturated carbocycles. The molecule has 0 aromatic carbocycles. The van der Waals surface area contributed by atoms with E-state index in [0.717, 1.165) is 13.0 Å². The van der Waals surface area contributed by atoms with Crippen molar-refractivity contribution in [2.45, 2.75) is 18.6 Å². The highest BCUT2D eigenvalue weighted by atomic mass is 16.3. The Bertz CT molecular complexity index is 112. The van der Waals surface area contributed by atoms with Crippen LogP contribution >= 0.6 is 0 Å². The number of likely N-dealkylation sites (tertiary alicyclic amines) is 1. The van der Waals surface area contributed by atoms with Crippen LogP contribution < -0.4 is 0 Å². The largest absolute Gasteiger partial charge is 0.395 e. The first-order valence-corrected chi connectivity index (χ1v) is 3.21. The zero-order chi connectivity index (χ0) is 7.56. The van der Waals surface area contributed by atoms with E-state index >= 15 is 0 Å². The summed E-state index contributed by atoms with van der Waals surface area (Å²) in [6.45, 7) is 0.922. The van der Waals surface area contributed by atoms with E-state index in [1.807, 2.05) is 11.9 Å². The lowest BCUT2D eigenvalue weighted by Gasteiger charge is -2.14. The molecule has 0 bridgehead atoms. The molecule has 0 aliphatic carbocycles. The SMILES string of the molecule is [3H]O[C@@H]1C[C@@H](CO)N(C)C1. The first kappa shape index (κ1) is 5.65. The number of nitrogens with zero attached hydrogens (tertiary/aromatic N) is 1. The van der Waals surface area contributed by atoms with Crippen molar-refractivity contribution in [1.29, 1.82) is 1.43 Å². The smallest absolute Gasteiger partial charge is 0.211 e. The van der Waals surface area contributed by atoms with Crippen LogP contribution in [0.1, 0.15) is 6.42 Å². The lowest BCUT2D eigenvalue weighted by atomic mass is 10.2. The first-order valence-electron chi connectivity index (χ1n) is 3.61. The predicted molar refractivity (Wildman–Crippen MR) is 34.1 cm³/mol. The second-order valence-corrected chi connectivity index (χ2v) is 2.63. The van der Waals surface area contributed by atoms with Crippen LogP contribution in [-0.2, 0) is 0 Å². The molecule has 3 heteroatoms. The van der Waals surface area contributed by atoms with Gasteiger partial charge in [0.25, 0.3) is 0 Å². The van der Waals surface area contributed by atoms with Crippen molar-refractivity contribution in [3.63, 3.8) is 0 Å². The van der Waals surface area contributed by atoms with E-state index < -0.39 is 0 Å². The quantitative estimate of drug-likeness (QED) is 0.510. The number of hydrogen-bond acceptors (Lipinski definition) is 3. The van der Waals surface area contributed by atoms with Gasteiger partial charge in [0.15, 0.2) is 0 Å². The number of aliphatic hydroxyl groups excluding tert-OH is 2. The monoisotopic (exact) mass is 133 g/mol. The van der Waals surface area contributed by atoms with Crippen LogP contribution in [0.3, 0.4) is 0 Å². The predicted octanol–water partition coefficient (Wildman–Crippen LogP) is -0.956. The fourth-order valence-electron chi connectivity index (χ4n) is 1.24. The van der Waals surface area contributed by atoms with Gasteiger partial charge in [0, 0.05) is 12.6 Å². The molecule has 0 aromatic heterocycles. The van der Waals surface area contributed by atoms with Crippen LogP contribution in [0.4, 0.5) is 0 Å². The molecule has 54 valence electrons. The van der Waals surface area contributed by atoms with E-state index in [4.69, 9.17) is 6.54 Å². The average molecular weight is 133 g/mol. The minimum absolute atomic E-state index is 0.0119. The van der Waals surface area contributed by atoms with Crippen LogP contribution in [0.2, 0.25) is 0 Å². The Morgan fingerprint density at radius 1 is 1.89 bits per heavy atom. The van der Waals surface area contributed by atoms with E-state index in [9.17, 15) is 0 Å². The van der Waals surface area contributed by atoms with Gasteiger partial charge < -0.3 is 10.2 Å². The van der Waals surface area contributed by atoms with Gasteiger partial charge in [-0.15, -0.1) is 0 Å². The summed E-state index contributed by atoms with van der Waals surface area (Å²) in [4.78, 5) is 2.01. The van der Waals surface area contributed by atoms with Crippen LogP contribution in [0.25, 0.3) is 0 Å². The van der Waals surface area contributed by atoms with Gasteiger partial charge in [0.1, 0.15) is 0 Å². The van der Waals surface area contributed by atoms with Crippen molar-refractivity contribution in [1.82, 2.24) is 4.90 Å². The van der Waals surface area contributed by atoms with Gasteiger partial charge in [0.05, 0.1) is 12.7 Å². The molecule has 1 saturated heterocycles. The molecule has 9 heavy (non-hydrogen) atoms. The molecule has 1 rings (SSSR count). The van der Waals surface area contributed by atoms with Gasteiger partial charge in [-0.1, -0.05) is 0 Å². The fraction of sp³-hybridized carbons (Fsp3) is 1.00. The Morgan fingerprint density at radius 3 is 3.00 bits per heavy atom. The molecule has 0 spiro atoms. The molecule has 1 aliphatic heterocycles. The Labute approximate surface area is 56.4 Å². The Morgan fingerprint density at radius 2 is 2.67 bits per heavy atom. The fourth-order valence-corrected chi connectivity index (χ4v) is 1.24. The van der Waals surface area contributed by atoms with E-state index in [1.165, 1.54) is 0 Å². The number of β-amino-alcohol motifs (C(OH)–C–C–N with tert-alkyl or cyclic N) is 1. The second-order valence-electron chi connectivity index (χ2n) is 2.63. The van der Waals surface area contributed by atoms with E-state index in [0.29, 0.717) is 0 Å². The van der Waals surface area contributed by atoms with E-state index in [-0.39, 0.29) is 18.8 Å². The summed E-state index contributed by atoms with van der Waals surface area (Å²) >= 11 is 0. The van der Waals surface area contributed by atoms with Crippen molar-refractivity contribution >= 4 is 0 Å². The maximum atomic E-state index is 8.79. The lowest BCUT2D eigenvalue weighted by Crippen LogP contribution is -2.27. The zero-order valence-corrected chi connectivity index (χ0v) is 5.58. The molecule has 0 radical (unpaired) electrons. The third kappa shape index (κ3) is 1.41. The summed E-state index contributed by atoms with van der Waals surface area (Å²) in [5.41, 5.74) is 0. The average Bonchev–Trinajstić information content (AvgIpc) is 2.30. The van der Waals surface area contributed by atoms with Gasteiger partial charge in [-0.25, -0.2) is 0 Å². The van der Waals surface area contributed by atoms with Crippen LogP contribution in [0.5, 0.6) is 0 Å². The normalized spacial score (nSPS) is 39.1. The number of rotatable bonds is 2. The standard InChI is InChI=1S/C6H13NO2/c1-7-3-6(9)2-5(7)4-8/h5-6,8-9H,2-4H2,1H3/t5-,6+/m0/s1/i9T. The molecule has 0 unspecified atom stereocenters. The molecular weight excluding hydrogens is 118 g/mol. The van der Waals surface area contributed by atoms with Crippen LogP contribution in [0, 0.1) is 0 Å². The topological polar surface area (TPSA) is 43.7 Å². The van der Waals surface area contributed by atoms with E-state index in [1.54, 1.807) is 0 Å². The minimum atomic E-state index is -0.0119. The van der Waals surface area contributed by atoms with Crippen molar-refractivity contribution in [2.75, 3.05) is 20.2 Å². The van der Waals surface area contributed by atoms with Gasteiger partial charge in [-0.05, 0) is 13.5 Å². The first-order chi connectivity index (χ1) is 4.77. The summed E-state index contributed by atoms with van der Waals surface area (Å²) in [6.07, 6.45) is 0.762. The van der Waals surface area contributed by atoms with Gasteiger partial charge in [0.2, 0.25) is 1.43 Å². The van der Waals surface area contributed by atoms with Crippen LogP contribution in [0.15, 0.2) is 0 Å². The number of likely N-dealkylation sites (N-methyl/N-ethyl adjacent to an activating group) is 1. The molecule has 1 heterocycles. The Kier molecular flexibility index (Phi) is 1.66. The highest BCUT2D eigenvalue weighted by Crippen LogP contribution is 2.13. The summed E-state index contributed by atoms with van der Waals surface area (Å²) in [5.74, 6) is 0. The zero-order valence-electron chi connectivity index (χ0n) is 6.58. The minimum Gasteiger partial charge on any atom is -0.395 e. The Balaban J connectivity index is 2.36. The molecule has 2 atom stereocenters. The molecule has 2 N–H and O–H groups in total. The van der Waals surface area contributed by atoms with Crippen molar-refractivity contribution in [3.8, 4) is 0 Å². The molecule has 1 aliphatic rings. The third-order valence-corrected chi connectivity index (χ3v) is 1.86. The van der Waals surface area contributed by atoms with Gasteiger partial charge >= 0.3 is 0 Å². The highest BCUT2D eigenvalue weighted by molar-refractivity contribution is 4.81. The molecule has 0 aromatic rings. The number of aliphatic hydroxyl groups is 2. The lowest BCUT2D eigenvalue weighted by molar-refractivity contribution is 0.180.